The van der Waals surface area contributed by atoms with Gasteiger partial charge >= 0.3 is 6.09 Å². The molecule has 2 fully saturated rings. The van der Waals surface area contributed by atoms with Gasteiger partial charge in [0.2, 0.25) is 11.8 Å². The minimum atomic E-state index is -4.42. The van der Waals surface area contributed by atoms with Crippen molar-refractivity contribution < 1.29 is 36.7 Å². The number of carbonyl (C=O) groups is 4. The number of benzene rings is 1. The van der Waals surface area contributed by atoms with Crippen molar-refractivity contribution in [1.82, 2.24) is 20.3 Å². The smallest absolute Gasteiger partial charge is 0.408 e. The number of hydrogen-bond donors (Lipinski definition) is 3. The van der Waals surface area contributed by atoms with Crippen molar-refractivity contribution in [3.8, 4) is 0 Å². The van der Waals surface area contributed by atoms with Crippen molar-refractivity contribution in [2.24, 2.45) is 5.92 Å². The first-order valence-corrected chi connectivity index (χ1v) is 15.8. The Morgan fingerprint density at radius 3 is 2.60 bits per heavy atom. The van der Waals surface area contributed by atoms with E-state index in [-0.39, 0.29) is 6.42 Å². The van der Waals surface area contributed by atoms with Gasteiger partial charge in [0.05, 0.1) is 4.90 Å². The lowest BCUT2D eigenvalue weighted by Crippen LogP contribution is -2.58. The number of amides is 4. The summed E-state index contributed by atoms with van der Waals surface area (Å²) in [4.78, 5) is 54.3. The van der Waals surface area contributed by atoms with E-state index in [0.717, 1.165) is 25.0 Å². The van der Waals surface area contributed by atoms with Crippen molar-refractivity contribution in [1.29, 1.82) is 0 Å². The van der Waals surface area contributed by atoms with Gasteiger partial charge in [-0.3, -0.25) is 14.4 Å². The molecule has 4 atom stereocenters. The fourth-order valence-corrected chi connectivity index (χ4v) is 6.52. The molecule has 0 spiro atoms. The highest BCUT2D eigenvalue weighted by Gasteiger charge is 2.61. The van der Waals surface area contributed by atoms with E-state index in [4.69, 9.17) is 4.74 Å². The summed E-state index contributed by atoms with van der Waals surface area (Å²) in [5.74, 6) is -3.16. The van der Waals surface area contributed by atoms with Crippen LogP contribution in [0, 0.1) is 11.7 Å². The second-order valence-electron chi connectivity index (χ2n) is 12.1. The lowest BCUT2D eigenvalue weighted by molar-refractivity contribution is -0.141. The van der Waals surface area contributed by atoms with Gasteiger partial charge in [-0.25, -0.2) is 22.3 Å². The first kappa shape index (κ1) is 31.5. The van der Waals surface area contributed by atoms with Crippen molar-refractivity contribution in [2.75, 3.05) is 6.54 Å². The number of nitrogens with zero attached hydrogens (tertiary/aromatic N) is 1. The van der Waals surface area contributed by atoms with Crippen molar-refractivity contribution in [3.05, 3.63) is 42.2 Å². The van der Waals surface area contributed by atoms with E-state index in [1.807, 2.05) is 10.8 Å². The molecule has 2 heterocycles. The lowest BCUT2D eigenvalue weighted by Gasteiger charge is -2.30. The third-order valence-electron chi connectivity index (χ3n) is 7.66. The minimum Gasteiger partial charge on any atom is -0.444 e. The van der Waals surface area contributed by atoms with Crippen LogP contribution in [0.5, 0.6) is 0 Å². The lowest BCUT2D eigenvalue weighted by atomic mass is 10.0. The molecule has 13 heteroatoms. The van der Waals surface area contributed by atoms with Crippen LogP contribution in [-0.4, -0.2) is 66.9 Å². The Morgan fingerprint density at radius 2 is 1.88 bits per heavy atom. The predicted octanol–water partition coefficient (Wildman–Crippen LogP) is 2.91. The quantitative estimate of drug-likeness (QED) is 0.446. The van der Waals surface area contributed by atoms with Crippen LogP contribution in [-0.2, 0) is 29.1 Å². The van der Waals surface area contributed by atoms with E-state index >= 15 is 0 Å². The van der Waals surface area contributed by atoms with E-state index in [0.29, 0.717) is 38.6 Å². The number of halogens is 1. The summed E-state index contributed by atoms with van der Waals surface area (Å²) in [5.41, 5.74) is -2.30. The van der Waals surface area contributed by atoms with Crippen LogP contribution in [0.25, 0.3) is 0 Å². The Hall–Kier alpha value is -3.48. The van der Waals surface area contributed by atoms with Gasteiger partial charge in [0.25, 0.3) is 15.9 Å². The van der Waals surface area contributed by atoms with Gasteiger partial charge in [-0.15, -0.1) is 0 Å². The van der Waals surface area contributed by atoms with E-state index in [2.05, 4.69) is 10.6 Å². The normalized spacial score (nSPS) is 27.8. The van der Waals surface area contributed by atoms with Crippen LogP contribution in [0.15, 0.2) is 41.3 Å². The number of ether oxygens (including phenoxy) is 1. The largest absolute Gasteiger partial charge is 0.444 e. The molecule has 4 rings (SSSR count). The van der Waals surface area contributed by atoms with E-state index < -0.39 is 73.7 Å². The molecule has 2 aliphatic heterocycles. The Bertz CT molecular complexity index is 1360. The summed E-state index contributed by atoms with van der Waals surface area (Å²) in [6.07, 6.45) is 7.33. The molecule has 1 saturated carbocycles. The third-order valence-corrected chi connectivity index (χ3v) is 8.99. The summed E-state index contributed by atoms with van der Waals surface area (Å²) in [6, 6.07) is 2.48. The summed E-state index contributed by atoms with van der Waals surface area (Å²) in [6.45, 7) is 5.46. The molecule has 1 aromatic rings. The second-order valence-corrected chi connectivity index (χ2v) is 13.8. The maximum Gasteiger partial charge on any atom is 0.408 e. The Labute approximate surface area is 245 Å². The van der Waals surface area contributed by atoms with Crippen molar-refractivity contribution in [3.63, 3.8) is 0 Å². The fourth-order valence-electron chi connectivity index (χ4n) is 5.45. The zero-order valence-electron chi connectivity index (χ0n) is 24.2. The number of nitrogens with one attached hydrogen (secondary N) is 3. The average molecular weight is 607 g/mol. The number of sulfonamides is 1. The van der Waals surface area contributed by atoms with Gasteiger partial charge in [0.1, 0.15) is 29.0 Å². The number of allylic oxidation sites excluding steroid dienone is 1. The van der Waals surface area contributed by atoms with E-state index in [1.165, 1.54) is 17.0 Å². The second kappa shape index (κ2) is 12.4. The maximum absolute atomic E-state index is 13.7. The third kappa shape index (κ3) is 7.47. The number of fused-ring (bicyclic) bond motifs is 2. The molecular formula is C29H39FN4O7S. The van der Waals surface area contributed by atoms with Crippen molar-refractivity contribution in [2.45, 2.75) is 100 Å². The molecule has 4 amide bonds. The first-order chi connectivity index (χ1) is 19.7. The Balaban J connectivity index is 1.56. The van der Waals surface area contributed by atoms with Gasteiger partial charge in [0, 0.05) is 12.5 Å². The molecule has 3 aliphatic rings. The van der Waals surface area contributed by atoms with Crippen LogP contribution >= 0.6 is 0 Å². The van der Waals surface area contributed by atoms with Crippen molar-refractivity contribution >= 4 is 33.8 Å². The highest BCUT2D eigenvalue weighted by Crippen LogP contribution is 2.45. The molecular weight excluding hydrogens is 567 g/mol. The van der Waals surface area contributed by atoms with Gasteiger partial charge in [-0.2, -0.15) is 0 Å². The molecule has 11 nitrogen and oxygen atoms in total. The summed E-state index contributed by atoms with van der Waals surface area (Å²) in [7, 11) is -4.42. The minimum absolute atomic E-state index is 0.170. The molecule has 0 bridgehead atoms. The highest BCUT2D eigenvalue weighted by atomic mass is 32.2. The zero-order valence-corrected chi connectivity index (χ0v) is 25.0. The number of hydrogen-bond acceptors (Lipinski definition) is 7. The molecule has 230 valence electrons. The fraction of sp³-hybridized carbons (Fsp3) is 0.586. The molecule has 3 N–H and O–H groups in total. The zero-order chi connectivity index (χ0) is 30.7. The molecule has 1 aliphatic carbocycles. The molecule has 1 saturated heterocycles. The molecule has 0 aromatic heterocycles. The molecule has 0 unspecified atom stereocenters. The average Bonchev–Trinajstić information content (AvgIpc) is 3.35. The van der Waals surface area contributed by atoms with Crippen LogP contribution in [0.4, 0.5) is 9.18 Å². The van der Waals surface area contributed by atoms with Crippen LogP contribution < -0.4 is 15.4 Å². The van der Waals surface area contributed by atoms with Crippen LogP contribution in [0.1, 0.15) is 72.1 Å². The molecule has 1 aromatic carbocycles. The highest BCUT2D eigenvalue weighted by molar-refractivity contribution is 7.90. The molecule has 0 radical (unpaired) electrons. The van der Waals surface area contributed by atoms with Gasteiger partial charge in [-0.1, -0.05) is 31.1 Å². The monoisotopic (exact) mass is 606 g/mol. The van der Waals surface area contributed by atoms with Crippen LogP contribution in [0.3, 0.4) is 0 Å². The first-order valence-electron chi connectivity index (χ1n) is 14.3. The summed E-state index contributed by atoms with van der Waals surface area (Å²) < 4.78 is 46.8. The predicted molar refractivity (Wildman–Crippen MR) is 151 cm³/mol. The van der Waals surface area contributed by atoms with Crippen LogP contribution in [0.2, 0.25) is 0 Å². The Morgan fingerprint density at radius 1 is 1.12 bits per heavy atom. The SMILES string of the molecule is CC(C)(C)OC(=O)N[C@H]1CCCCC/C=C\[C@@H]2C[C@@]2(C(=O)NS(=O)(=O)c2cccc(F)c2)NC(=O)[C@@H]2CCCN2C1=O. The standard InChI is InChI=1S/C29H39FN4O7S/c1-28(2,3)41-27(38)31-22-14-8-6-4-5-7-11-19-18-29(19,32-24(35)23-15-10-16-34(23)25(22)36)26(37)33-42(39,40)21-13-9-12-20(30)17-21/h7,9,11-13,17,19,22-23H,4-6,8,10,14-16,18H2,1-3H3,(H,31,38)(H,32,35)(H,33,37)/b11-7-/t19-,22+,23+,29-/m1/s1. The Kier molecular flexibility index (Phi) is 9.29. The van der Waals surface area contributed by atoms with Gasteiger partial charge in [0.15, 0.2) is 0 Å². The number of carbonyl (C=O) groups excluding carboxylic acids is 4. The van der Waals surface area contributed by atoms with Gasteiger partial charge < -0.3 is 20.3 Å². The van der Waals surface area contributed by atoms with E-state index in [1.54, 1.807) is 26.8 Å². The van der Waals surface area contributed by atoms with Gasteiger partial charge in [-0.05, 0) is 77.5 Å². The number of rotatable bonds is 4. The molecule has 42 heavy (non-hydrogen) atoms. The maximum atomic E-state index is 13.7. The number of alkyl carbamates (subject to hydrolysis) is 1. The van der Waals surface area contributed by atoms with E-state index in [9.17, 15) is 32.0 Å². The summed E-state index contributed by atoms with van der Waals surface area (Å²) >= 11 is 0. The summed E-state index contributed by atoms with van der Waals surface area (Å²) in [5, 5.41) is 5.43. The topological polar surface area (TPSA) is 151 Å².